The smallest absolute Gasteiger partial charge is 0.407 e. The van der Waals surface area contributed by atoms with Crippen molar-refractivity contribution in [3.63, 3.8) is 0 Å². The number of hydrogen-bond donors (Lipinski definition) is 3. The van der Waals surface area contributed by atoms with Crippen LogP contribution in [-0.4, -0.2) is 74.3 Å². The van der Waals surface area contributed by atoms with E-state index in [1.54, 1.807) is 0 Å². The molecule has 0 spiro atoms. The van der Waals surface area contributed by atoms with Gasteiger partial charge in [0.15, 0.2) is 0 Å². The zero-order valence-electron chi connectivity index (χ0n) is 24.5. The average molecular weight is 585 g/mol. The highest BCUT2D eigenvalue weighted by molar-refractivity contribution is 5.98. The molecule has 0 aromatic heterocycles. The molecule has 3 atom stereocenters. The molecule has 3 aromatic rings. The third-order valence-electron chi connectivity index (χ3n) is 8.21. The highest BCUT2D eigenvalue weighted by Crippen LogP contribution is 2.30. The van der Waals surface area contributed by atoms with Gasteiger partial charge in [-0.15, -0.1) is 0 Å². The summed E-state index contributed by atoms with van der Waals surface area (Å²) in [7, 11) is 1.28. The molecule has 9 heteroatoms. The number of hydrogen-bond acceptors (Lipinski definition) is 6. The third kappa shape index (κ3) is 7.80. The van der Waals surface area contributed by atoms with Crippen molar-refractivity contribution < 1.29 is 23.9 Å². The maximum Gasteiger partial charge on any atom is 0.407 e. The van der Waals surface area contributed by atoms with Gasteiger partial charge < -0.3 is 30.3 Å². The third-order valence-corrected chi connectivity index (χ3v) is 8.21. The molecule has 0 saturated carbocycles. The molecule has 2 aliphatic heterocycles. The van der Waals surface area contributed by atoms with Gasteiger partial charge in [-0.3, -0.25) is 9.59 Å². The van der Waals surface area contributed by atoms with Crippen molar-refractivity contribution >= 4 is 23.6 Å². The van der Waals surface area contributed by atoms with E-state index in [0.29, 0.717) is 25.3 Å². The fourth-order valence-corrected chi connectivity index (χ4v) is 5.90. The van der Waals surface area contributed by atoms with E-state index in [1.165, 1.54) is 7.11 Å². The zero-order chi connectivity index (χ0) is 30.0. The van der Waals surface area contributed by atoms with E-state index in [-0.39, 0.29) is 24.0 Å². The second-order valence-corrected chi connectivity index (χ2v) is 11.0. The Morgan fingerprint density at radius 1 is 0.930 bits per heavy atom. The predicted molar refractivity (Wildman–Crippen MR) is 165 cm³/mol. The van der Waals surface area contributed by atoms with Gasteiger partial charge in [-0.05, 0) is 48.4 Å². The van der Waals surface area contributed by atoms with Crippen molar-refractivity contribution in [1.82, 2.24) is 15.5 Å². The van der Waals surface area contributed by atoms with Gasteiger partial charge in [0.2, 0.25) is 11.8 Å². The molecule has 0 aliphatic carbocycles. The Morgan fingerprint density at radius 2 is 1.56 bits per heavy atom. The Labute approximate surface area is 252 Å². The normalized spacial score (nSPS) is 19.1. The minimum absolute atomic E-state index is 0.0410. The number of benzene rings is 3. The van der Waals surface area contributed by atoms with Crippen LogP contribution in [0.5, 0.6) is 0 Å². The number of ether oxygens (including phenoxy) is 2. The molecule has 3 amide bonds. The van der Waals surface area contributed by atoms with Crippen LogP contribution < -0.4 is 16.0 Å². The van der Waals surface area contributed by atoms with E-state index < -0.39 is 18.1 Å². The lowest BCUT2D eigenvalue weighted by Gasteiger charge is -2.32. The minimum Gasteiger partial charge on any atom is -0.453 e. The summed E-state index contributed by atoms with van der Waals surface area (Å²) in [6, 6.07) is 25.7. The van der Waals surface area contributed by atoms with Gasteiger partial charge in [-0.1, -0.05) is 78.9 Å². The first-order valence-corrected chi connectivity index (χ1v) is 15.0. The molecule has 3 N–H and O–H groups in total. The first kappa shape index (κ1) is 30.3. The predicted octanol–water partition coefficient (Wildman–Crippen LogP) is 4.09. The number of aryl methyl sites for hydroxylation is 1. The van der Waals surface area contributed by atoms with Crippen LogP contribution in [-0.2, 0) is 25.5 Å². The lowest BCUT2D eigenvalue weighted by molar-refractivity contribution is -0.137. The first-order valence-electron chi connectivity index (χ1n) is 15.0. The fourth-order valence-electron chi connectivity index (χ4n) is 5.90. The fraction of sp³-hybridized carbons (Fsp3) is 0.382. The van der Waals surface area contributed by atoms with Crippen molar-refractivity contribution in [2.75, 3.05) is 38.7 Å². The van der Waals surface area contributed by atoms with Gasteiger partial charge in [0.05, 0.1) is 19.8 Å². The Hall–Kier alpha value is -4.21. The van der Waals surface area contributed by atoms with E-state index in [9.17, 15) is 14.4 Å². The SMILES string of the molecule is COC(=O)N[C@H](C(=O)Nc1ccccc1CC[C@@H]1CN[C@H](C(=O)N2CCCC2)CO1)C(c1ccccc1)c1ccccc1. The highest BCUT2D eigenvalue weighted by atomic mass is 16.5. The Kier molecular flexibility index (Phi) is 10.4. The lowest BCUT2D eigenvalue weighted by atomic mass is 9.84. The Bertz CT molecular complexity index is 1320. The number of carbonyl (C=O) groups excluding carboxylic acids is 3. The first-order chi connectivity index (χ1) is 21.0. The number of alkyl carbamates (subject to hydrolysis) is 1. The second kappa shape index (κ2) is 14.8. The summed E-state index contributed by atoms with van der Waals surface area (Å²) >= 11 is 0. The van der Waals surface area contributed by atoms with Gasteiger partial charge in [0.25, 0.3) is 0 Å². The van der Waals surface area contributed by atoms with Crippen LogP contribution in [0.3, 0.4) is 0 Å². The van der Waals surface area contributed by atoms with Crippen LogP contribution >= 0.6 is 0 Å². The van der Waals surface area contributed by atoms with E-state index in [4.69, 9.17) is 9.47 Å². The van der Waals surface area contributed by atoms with E-state index in [1.807, 2.05) is 89.8 Å². The quantitative estimate of drug-likeness (QED) is 0.331. The maximum absolute atomic E-state index is 14.0. The van der Waals surface area contributed by atoms with Crippen molar-refractivity contribution in [2.45, 2.75) is 49.8 Å². The summed E-state index contributed by atoms with van der Waals surface area (Å²) < 4.78 is 11.0. The summed E-state index contributed by atoms with van der Waals surface area (Å²) in [5, 5.41) is 9.25. The Balaban J connectivity index is 1.27. The van der Waals surface area contributed by atoms with E-state index >= 15 is 0 Å². The molecule has 226 valence electrons. The molecule has 2 aliphatic rings. The number of amides is 3. The number of rotatable bonds is 10. The van der Waals surface area contributed by atoms with Crippen LogP contribution in [0.1, 0.15) is 41.9 Å². The molecule has 0 unspecified atom stereocenters. The summed E-state index contributed by atoms with van der Waals surface area (Å²) in [5.41, 5.74) is 3.42. The molecule has 0 bridgehead atoms. The molecule has 9 nitrogen and oxygen atoms in total. The van der Waals surface area contributed by atoms with Gasteiger partial charge in [-0.2, -0.15) is 0 Å². The molecule has 5 rings (SSSR count). The van der Waals surface area contributed by atoms with Gasteiger partial charge in [-0.25, -0.2) is 4.79 Å². The number of nitrogens with zero attached hydrogens (tertiary/aromatic N) is 1. The number of para-hydroxylation sites is 1. The molecular formula is C34H40N4O5. The molecule has 43 heavy (non-hydrogen) atoms. The zero-order valence-corrected chi connectivity index (χ0v) is 24.5. The molecule has 2 fully saturated rings. The largest absolute Gasteiger partial charge is 0.453 e. The van der Waals surface area contributed by atoms with E-state index in [0.717, 1.165) is 49.0 Å². The van der Waals surface area contributed by atoms with Crippen LogP contribution in [0.2, 0.25) is 0 Å². The second-order valence-electron chi connectivity index (χ2n) is 11.0. The number of likely N-dealkylation sites (tertiary alicyclic amines) is 1. The molecule has 2 heterocycles. The van der Waals surface area contributed by atoms with Crippen LogP contribution in [0.4, 0.5) is 10.5 Å². The topological polar surface area (TPSA) is 109 Å². The standard InChI is InChI=1S/C34H40N4O5/c1-42-34(41)37-31(30(25-13-4-2-5-14-25)26-15-6-3-7-16-26)32(39)36-28-17-9-8-12-24(28)18-19-27-22-35-29(23-43-27)33(40)38-20-10-11-21-38/h2-9,12-17,27,29-31,35H,10-11,18-23H2,1H3,(H,36,39)(H,37,41)/t27-,29+,31+/m1/s1. The number of nitrogens with one attached hydrogen (secondary N) is 3. The van der Waals surface area contributed by atoms with Crippen molar-refractivity contribution in [2.24, 2.45) is 0 Å². The Morgan fingerprint density at radius 3 is 2.16 bits per heavy atom. The van der Waals surface area contributed by atoms with Gasteiger partial charge in [0.1, 0.15) is 12.1 Å². The van der Waals surface area contributed by atoms with Crippen molar-refractivity contribution in [1.29, 1.82) is 0 Å². The molecular weight excluding hydrogens is 544 g/mol. The van der Waals surface area contributed by atoms with Crippen molar-refractivity contribution in [3.05, 3.63) is 102 Å². The summed E-state index contributed by atoms with van der Waals surface area (Å²) in [6.45, 7) is 2.62. The minimum atomic E-state index is -0.943. The highest BCUT2D eigenvalue weighted by Gasteiger charge is 2.34. The van der Waals surface area contributed by atoms with Crippen molar-refractivity contribution in [3.8, 4) is 0 Å². The van der Waals surface area contributed by atoms with Crippen LogP contribution in [0, 0.1) is 0 Å². The number of methoxy groups -OCH3 is 1. The molecule has 3 aromatic carbocycles. The van der Waals surface area contributed by atoms with Gasteiger partial charge in [0, 0.05) is 31.2 Å². The molecule has 2 saturated heterocycles. The monoisotopic (exact) mass is 584 g/mol. The van der Waals surface area contributed by atoms with Crippen LogP contribution in [0.15, 0.2) is 84.9 Å². The molecule has 0 radical (unpaired) electrons. The number of carbonyl (C=O) groups is 3. The summed E-state index contributed by atoms with van der Waals surface area (Å²) in [6.07, 6.45) is 2.80. The summed E-state index contributed by atoms with van der Waals surface area (Å²) in [5.74, 6) is -0.676. The number of anilines is 1. The van der Waals surface area contributed by atoms with Crippen LogP contribution in [0.25, 0.3) is 0 Å². The number of morpholine rings is 1. The lowest BCUT2D eigenvalue weighted by Crippen LogP contribution is -2.54. The average Bonchev–Trinajstić information content (AvgIpc) is 3.60. The summed E-state index contributed by atoms with van der Waals surface area (Å²) in [4.78, 5) is 41.1. The van der Waals surface area contributed by atoms with E-state index in [2.05, 4.69) is 16.0 Å². The maximum atomic E-state index is 14.0. The van der Waals surface area contributed by atoms with Gasteiger partial charge >= 0.3 is 6.09 Å².